The van der Waals surface area contributed by atoms with Crippen LogP contribution in [-0.4, -0.2) is 82.3 Å². The molecular formula is C25H29F4N7O8. The van der Waals surface area contributed by atoms with Gasteiger partial charge in [-0.25, -0.2) is 19.0 Å². The van der Waals surface area contributed by atoms with E-state index in [0.717, 1.165) is 17.0 Å². The number of halogens is 4. The van der Waals surface area contributed by atoms with Crippen LogP contribution in [0.5, 0.6) is 5.75 Å². The summed E-state index contributed by atoms with van der Waals surface area (Å²) in [5, 5.41) is 27.9. The van der Waals surface area contributed by atoms with Crippen molar-refractivity contribution in [2.75, 3.05) is 23.4 Å². The van der Waals surface area contributed by atoms with Crippen molar-refractivity contribution in [3.05, 3.63) is 41.3 Å². The van der Waals surface area contributed by atoms with Gasteiger partial charge in [-0.1, -0.05) is 12.1 Å². The third kappa shape index (κ3) is 6.00. The van der Waals surface area contributed by atoms with Crippen LogP contribution in [0.1, 0.15) is 38.1 Å². The molecule has 0 spiro atoms. The van der Waals surface area contributed by atoms with E-state index in [0.29, 0.717) is 0 Å². The fourth-order valence-electron chi connectivity index (χ4n) is 5.05. The molecule has 15 nitrogen and oxygen atoms in total. The molecule has 4 heterocycles. The van der Waals surface area contributed by atoms with Gasteiger partial charge in [0, 0.05) is 17.3 Å². The standard InChI is InChI=1S/C25H29F4N7O8/c1-10(37)15-8-41-20(32-15)13-4-5-14(18(26)19(13)43-25(27,28)29)24(34-22(39)44-35-24)12(3)31-21-30-7-6-17(33-21)36-16(11(2)38)9-42-23(36)40/h4-7,10-12,15-16,20,32,35,37-38H,8-9H2,1-3H3,(H,34,39)(H,30,31,33)/t10-,11-,12+,15?,16-,20?,24?/m1/s1. The lowest BCUT2D eigenvalue weighted by Crippen LogP contribution is -2.58. The Hall–Kier alpha value is -4.04. The Morgan fingerprint density at radius 3 is 2.52 bits per heavy atom. The van der Waals surface area contributed by atoms with Crippen molar-refractivity contribution in [2.24, 2.45) is 0 Å². The Morgan fingerprint density at radius 2 is 1.91 bits per heavy atom. The van der Waals surface area contributed by atoms with Crippen LogP contribution in [0, 0.1) is 5.82 Å². The molecular weight excluding hydrogens is 602 g/mol. The number of alkyl halides is 3. The minimum atomic E-state index is -5.31. The lowest BCUT2D eigenvalue weighted by atomic mass is 9.91. The third-order valence-electron chi connectivity index (χ3n) is 7.39. The van der Waals surface area contributed by atoms with Crippen molar-refractivity contribution in [2.45, 2.75) is 69.4 Å². The molecule has 7 atom stereocenters. The fraction of sp³-hybridized carbons (Fsp3) is 0.520. The molecule has 0 aliphatic carbocycles. The molecule has 1 aromatic heterocycles. The number of nitrogens with zero attached hydrogens (tertiary/aromatic N) is 3. The van der Waals surface area contributed by atoms with E-state index in [1.54, 1.807) is 0 Å². The van der Waals surface area contributed by atoms with Gasteiger partial charge in [-0.05, 0) is 26.8 Å². The van der Waals surface area contributed by atoms with E-state index < -0.39 is 77.9 Å². The number of anilines is 2. The predicted molar refractivity (Wildman–Crippen MR) is 139 cm³/mol. The SMILES string of the molecule is C[C@H](Nc1nccc(N2C(=O)OC[C@@H]2[C@@H](C)O)n1)C1(c2ccc(C3NC([C@@H](C)O)CO3)c(OC(F)(F)F)c2F)NOC(=O)N1. The number of ether oxygens (including phenoxy) is 3. The van der Waals surface area contributed by atoms with Crippen molar-refractivity contribution in [3.63, 3.8) is 0 Å². The van der Waals surface area contributed by atoms with Crippen molar-refractivity contribution in [1.29, 1.82) is 0 Å². The number of carbonyl (C=O) groups excluding carboxylic acids is 2. The van der Waals surface area contributed by atoms with E-state index in [1.807, 2.05) is 0 Å². The molecule has 6 N–H and O–H groups in total. The lowest BCUT2D eigenvalue weighted by Gasteiger charge is -2.35. The molecule has 0 bridgehead atoms. The summed E-state index contributed by atoms with van der Waals surface area (Å²) in [5.74, 6) is -2.83. The van der Waals surface area contributed by atoms with Gasteiger partial charge in [0.05, 0.1) is 30.9 Å². The van der Waals surface area contributed by atoms with Gasteiger partial charge in [0.1, 0.15) is 24.7 Å². The molecule has 1 aromatic carbocycles. The number of cyclic esters (lactones) is 1. The summed E-state index contributed by atoms with van der Waals surface area (Å²) in [4.78, 5) is 38.9. The number of benzene rings is 1. The molecule has 3 fully saturated rings. The number of carbonyl (C=O) groups is 2. The Bertz CT molecular complexity index is 1420. The molecule has 3 unspecified atom stereocenters. The Kier molecular flexibility index (Phi) is 8.42. The van der Waals surface area contributed by atoms with Crippen molar-refractivity contribution in [1.82, 2.24) is 26.1 Å². The number of nitrogens with one attached hydrogen (secondary N) is 4. The molecule has 5 rings (SSSR count). The van der Waals surface area contributed by atoms with Gasteiger partial charge in [-0.15, -0.1) is 18.7 Å². The fourth-order valence-corrected chi connectivity index (χ4v) is 5.05. The van der Waals surface area contributed by atoms with Crippen LogP contribution < -0.4 is 31.1 Å². The molecule has 3 aliphatic rings. The maximum absolute atomic E-state index is 16.2. The minimum absolute atomic E-state index is 0.0489. The summed E-state index contributed by atoms with van der Waals surface area (Å²) in [7, 11) is 0. The highest BCUT2D eigenvalue weighted by Gasteiger charge is 2.50. The second-order valence-corrected chi connectivity index (χ2v) is 10.4. The van der Waals surface area contributed by atoms with E-state index in [1.165, 1.54) is 33.0 Å². The predicted octanol–water partition coefficient (Wildman–Crippen LogP) is 1.49. The summed E-state index contributed by atoms with van der Waals surface area (Å²) in [6.45, 7) is 4.19. The summed E-state index contributed by atoms with van der Waals surface area (Å²) in [5.41, 5.74) is -0.584. The Labute approximate surface area is 246 Å². The summed E-state index contributed by atoms with van der Waals surface area (Å²) in [6.07, 6.45) is -9.01. The van der Waals surface area contributed by atoms with Crippen LogP contribution in [0.2, 0.25) is 0 Å². The quantitative estimate of drug-likeness (QED) is 0.219. The monoisotopic (exact) mass is 631 g/mol. The van der Waals surface area contributed by atoms with Crippen LogP contribution in [0.3, 0.4) is 0 Å². The summed E-state index contributed by atoms with van der Waals surface area (Å²) < 4.78 is 71.2. The van der Waals surface area contributed by atoms with Crippen LogP contribution in [-0.2, 0) is 20.0 Å². The first kappa shape index (κ1) is 31.4. The number of hydrogen-bond donors (Lipinski definition) is 6. The van der Waals surface area contributed by atoms with E-state index >= 15 is 4.39 Å². The van der Waals surface area contributed by atoms with E-state index in [2.05, 4.69) is 36.1 Å². The number of rotatable bonds is 9. The van der Waals surface area contributed by atoms with E-state index in [-0.39, 0.29) is 30.5 Å². The van der Waals surface area contributed by atoms with Crippen molar-refractivity contribution in [3.8, 4) is 5.75 Å². The zero-order chi connectivity index (χ0) is 32.0. The molecule has 2 aromatic rings. The Morgan fingerprint density at radius 1 is 1.16 bits per heavy atom. The normalized spacial score (nSPS) is 27.4. The topological polar surface area (TPSA) is 189 Å². The number of amides is 2. The van der Waals surface area contributed by atoms with E-state index in [9.17, 15) is 33.0 Å². The number of hydroxylamine groups is 1. The second kappa shape index (κ2) is 11.8. The average molecular weight is 632 g/mol. The largest absolute Gasteiger partial charge is 0.573 e. The van der Waals surface area contributed by atoms with Gasteiger partial charge in [0.15, 0.2) is 17.2 Å². The maximum Gasteiger partial charge on any atom is 0.573 e. The van der Waals surface area contributed by atoms with Crippen LogP contribution in [0.4, 0.5) is 38.9 Å². The lowest BCUT2D eigenvalue weighted by molar-refractivity contribution is -0.276. The molecule has 0 saturated carbocycles. The number of hydrogen-bond acceptors (Lipinski definition) is 13. The average Bonchev–Trinajstić information content (AvgIpc) is 3.68. The molecule has 19 heteroatoms. The van der Waals surface area contributed by atoms with Gasteiger partial charge in [-0.2, -0.15) is 4.98 Å². The van der Waals surface area contributed by atoms with Gasteiger partial charge in [0.25, 0.3) is 0 Å². The number of aliphatic hydroxyl groups excluding tert-OH is 2. The van der Waals surface area contributed by atoms with Crippen LogP contribution >= 0.6 is 0 Å². The highest BCUT2D eigenvalue weighted by Crippen LogP contribution is 2.41. The van der Waals surface area contributed by atoms with Gasteiger partial charge < -0.3 is 34.6 Å². The van der Waals surface area contributed by atoms with Crippen LogP contribution in [0.25, 0.3) is 0 Å². The highest BCUT2D eigenvalue weighted by molar-refractivity contribution is 5.89. The number of aliphatic hydroxyl groups is 2. The molecule has 0 radical (unpaired) electrons. The maximum atomic E-state index is 16.2. The summed E-state index contributed by atoms with van der Waals surface area (Å²) in [6, 6.07) is 1.07. The van der Waals surface area contributed by atoms with Gasteiger partial charge >= 0.3 is 18.5 Å². The molecule has 2 amide bonds. The number of aromatic nitrogens is 2. The first-order valence-corrected chi connectivity index (χ1v) is 13.3. The highest BCUT2D eigenvalue weighted by atomic mass is 19.4. The molecule has 240 valence electrons. The second-order valence-electron chi connectivity index (χ2n) is 10.4. The zero-order valence-corrected chi connectivity index (χ0v) is 23.4. The Balaban J connectivity index is 1.50. The van der Waals surface area contributed by atoms with Crippen molar-refractivity contribution >= 4 is 24.0 Å². The summed E-state index contributed by atoms with van der Waals surface area (Å²) >= 11 is 0. The minimum Gasteiger partial charge on any atom is -0.447 e. The van der Waals surface area contributed by atoms with Crippen molar-refractivity contribution < 1.29 is 56.4 Å². The smallest absolute Gasteiger partial charge is 0.447 e. The first-order chi connectivity index (χ1) is 20.7. The first-order valence-electron chi connectivity index (χ1n) is 13.3. The van der Waals surface area contributed by atoms with Gasteiger partial charge in [0.2, 0.25) is 5.95 Å². The molecule has 3 aliphatic heterocycles. The third-order valence-corrected chi connectivity index (χ3v) is 7.39. The molecule has 3 saturated heterocycles. The van der Waals surface area contributed by atoms with Crippen LogP contribution in [0.15, 0.2) is 24.4 Å². The van der Waals surface area contributed by atoms with E-state index in [4.69, 9.17) is 14.3 Å². The zero-order valence-electron chi connectivity index (χ0n) is 23.4. The van der Waals surface area contributed by atoms with Gasteiger partial charge in [-0.3, -0.25) is 15.5 Å². The molecule has 44 heavy (non-hydrogen) atoms.